The van der Waals surface area contributed by atoms with Crippen LogP contribution in [-0.4, -0.2) is 81.6 Å². The summed E-state index contributed by atoms with van der Waals surface area (Å²) in [4.78, 5) is 52.6. The Morgan fingerprint density at radius 3 is 1.77 bits per heavy atom. The molecule has 0 rings (SSSR count). The lowest BCUT2D eigenvalue weighted by molar-refractivity contribution is -0.161. The van der Waals surface area contributed by atoms with Crippen LogP contribution >= 0.6 is 15.6 Å². The summed E-state index contributed by atoms with van der Waals surface area (Å²) < 4.78 is 47.6. The zero-order chi connectivity index (χ0) is 44.6. The quantitative estimate of drug-likeness (QED) is 0.0128. The van der Waals surface area contributed by atoms with Crippen LogP contribution in [-0.2, 0) is 41.8 Å². The Balaban J connectivity index is 4.70. The molecule has 0 aliphatic carbocycles. The van der Waals surface area contributed by atoms with Crippen molar-refractivity contribution in [2.45, 2.75) is 154 Å². The van der Waals surface area contributed by atoms with Crippen molar-refractivity contribution in [1.29, 1.82) is 0 Å². The first-order chi connectivity index (χ1) is 28.8. The van der Waals surface area contributed by atoms with Crippen molar-refractivity contribution in [3.8, 4) is 0 Å². The van der Waals surface area contributed by atoms with Crippen LogP contribution in [0.5, 0.6) is 0 Å². The van der Waals surface area contributed by atoms with Crippen LogP contribution < -0.4 is 0 Å². The minimum Gasteiger partial charge on any atom is -0.462 e. The van der Waals surface area contributed by atoms with Crippen LogP contribution in [0.25, 0.3) is 0 Å². The number of hydrogen-bond acceptors (Lipinski definition) is 11. The van der Waals surface area contributed by atoms with Crippen LogP contribution in [0.1, 0.15) is 136 Å². The number of allylic oxidation sites excluding steroid dienone is 13. The lowest BCUT2D eigenvalue weighted by atomic mass is 10.1. The van der Waals surface area contributed by atoms with Gasteiger partial charge < -0.3 is 34.4 Å². The van der Waals surface area contributed by atoms with Crippen molar-refractivity contribution >= 4 is 27.6 Å². The lowest BCUT2D eigenvalue weighted by Gasteiger charge is -2.20. The number of aliphatic hydroxyl groups is 2. The summed E-state index contributed by atoms with van der Waals surface area (Å²) in [5, 5.41) is 19.6. The van der Waals surface area contributed by atoms with Gasteiger partial charge in [0.1, 0.15) is 12.7 Å². The first kappa shape index (κ1) is 57.3. The van der Waals surface area contributed by atoms with Crippen LogP contribution in [0, 0.1) is 0 Å². The molecule has 5 N–H and O–H groups in total. The van der Waals surface area contributed by atoms with Crippen molar-refractivity contribution in [2.75, 3.05) is 26.4 Å². The normalized spacial score (nSPS) is 15.4. The second-order valence-corrected chi connectivity index (χ2v) is 16.8. The van der Waals surface area contributed by atoms with Gasteiger partial charge in [-0.05, 0) is 70.6 Å². The molecule has 16 heteroatoms. The number of carbonyl (C=O) groups is 2. The van der Waals surface area contributed by atoms with E-state index >= 15 is 0 Å². The second kappa shape index (κ2) is 39.1. The van der Waals surface area contributed by atoms with Gasteiger partial charge in [0.25, 0.3) is 0 Å². The maximum absolute atomic E-state index is 12.6. The molecule has 0 heterocycles. The van der Waals surface area contributed by atoms with Gasteiger partial charge in [0.05, 0.1) is 25.9 Å². The molecule has 0 amide bonds. The van der Waals surface area contributed by atoms with Crippen molar-refractivity contribution in [2.24, 2.45) is 0 Å². The molecule has 344 valence electrons. The Morgan fingerprint density at radius 1 is 0.567 bits per heavy atom. The molecule has 4 atom stereocenters. The maximum Gasteiger partial charge on any atom is 0.472 e. The summed E-state index contributed by atoms with van der Waals surface area (Å²) in [5.41, 5.74) is 0. The summed E-state index contributed by atoms with van der Waals surface area (Å²) >= 11 is 0. The molecule has 0 bridgehead atoms. The summed E-state index contributed by atoms with van der Waals surface area (Å²) in [6.07, 6.45) is 40.5. The second-order valence-electron chi connectivity index (χ2n) is 14.1. The Labute approximate surface area is 359 Å². The fourth-order valence-electron chi connectivity index (χ4n) is 5.11. The number of unbranched alkanes of at least 4 members (excludes halogenated alkanes) is 8. The van der Waals surface area contributed by atoms with Crippen molar-refractivity contribution in [3.05, 3.63) is 85.1 Å². The largest absolute Gasteiger partial charge is 0.472 e. The van der Waals surface area contributed by atoms with Gasteiger partial charge in [0.2, 0.25) is 0 Å². The van der Waals surface area contributed by atoms with Crippen molar-refractivity contribution in [3.63, 3.8) is 0 Å². The van der Waals surface area contributed by atoms with Crippen LogP contribution in [0.3, 0.4) is 0 Å². The summed E-state index contributed by atoms with van der Waals surface area (Å²) in [6.45, 7) is 1.41. The van der Waals surface area contributed by atoms with E-state index in [4.69, 9.17) is 23.8 Å². The third kappa shape index (κ3) is 42.0. The highest BCUT2D eigenvalue weighted by Crippen LogP contribution is 2.43. The molecule has 0 aliphatic heterocycles. The van der Waals surface area contributed by atoms with Crippen molar-refractivity contribution < 1.29 is 66.7 Å². The van der Waals surface area contributed by atoms with E-state index in [1.807, 2.05) is 42.5 Å². The van der Waals surface area contributed by atoms with Gasteiger partial charge in [-0.1, -0.05) is 137 Å². The fourth-order valence-corrected chi connectivity index (χ4v) is 6.27. The Hall–Kier alpha value is -2.74. The number of esters is 2. The van der Waals surface area contributed by atoms with Gasteiger partial charge in [-0.15, -0.1) is 0 Å². The smallest absolute Gasteiger partial charge is 0.462 e. The molecule has 0 aliphatic rings. The predicted molar refractivity (Wildman–Crippen MR) is 236 cm³/mol. The van der Waals surface area contributed by atoms with E-state index in [9.17, 15) is 33.8 Å². The third-order valence-corrected chi connectivity index (χ3v) is 9.80. The monoisotopic (exact) mass is 888 g/mol. The molecular formula is C44H74O14P2. The van der Waals surface area contributed by atoms with Gasteiger partial charge in [0, 0.05) is 12.8 Å². The van der Waals surface area contributed by atoms with Gasteiger partial charge in [0.15, 0.2) is 6.10 Å². The molecule has 60 heavy (non-hydrogen) atoms. The number of hydrogen-bond donors (Lipinski definition) is 5. The number of carbonyl (C=O) groups excluding carboxylic acids is 2. The van der Waals surface area contributed by atoms with Crippen LogP contribution in [0.15, 0.2) is 85.1 Å². The van der Waals surface area contributed by atoms with E-state index in [1.54, 1.807) is 6.08 Å². The van der Waals surface area contributed by atoms with E-state index < -0.39 is 72.3 Å². The average molecular weight is 889 g/mol. The highest BCUT2D eigenvalue weighted by atomic mass is 31.2. The summed E-state index contributed by atoms with van der Waals surface area (Å²) in [6, 6.07) is 0. The molecule has 14 nitrogen and oxygen atoms in total. The standard InChI is InChI=1S/C44H74O14P2/c1-3-5-7-8-9-10-11-12-13-14-17-21-24-27-31-35-44(48)58-42(39-57-60(52,53)56-37-41(46)36-55-59(49,50)51)38-54-43(47)34-30-26-23-20-18-15-16-19-22-25-29-33-40(45)32-28-6-4-2/h5,7,9-10,12-13,15-16,20,22-23,25,29,33,40-42,45-46H,3-4,6,8,11,14,17-19,21,24,26-28,30-32,34-39H2,1-2H3,(H,52,53)(H2,49,50,51)/b7-5-,10-9-,13-12-,16-15-,23-20-,25-22-,33-29+/t40-,41+,42-/m1/s1. The summed E-state index contributed by atoms with van der Waals surface area (Å²) in [5.74, 6) is -1.15. The summed E-state index contributed by atoms with van der Waals surface area (Å²) in [7, 11) is -9.72. The Bertz CT molecular complexity index is 1400. The number of aliphatic hydroxyl groups excluding tert-OH is 2. The molecule has 0 aromatic heterocycles. The lowest BCUT2D eigenvalue weighted by Crippen LogP contribution is -2.30. The molecule has 0 fully saturated rings. The van der Waals surface area contributed by atoms with Gasteiger partial charge >= 0.3 is 27.6 Å². The van der Waals surface area contributed by atoms with Gasteiger partial charge in [-0.2, -0.15) is 0 Å². The molecular weight excluding hydrogens is 814 g/mol. The van der Waals surface area contributed by atoms with E-state index in [0.29, 0.717) is 19.3 Å². The zero-order valence-electron chi connectivity index (χ0n) is 35.9. The Kier molecular flexibility index (Phi) is 37.3. The number of rotatable bonds is 39. The molecule has 0 aromatic carbocycles. The van der Waals surface area contributed by atoms with Gasteiger partial charge in [-0.3, -0.25) is 23.2 Å². The van der Waals surface area contributed by atoms with E-state index in [1.165, 1.54) is 0 Å². The number of ether oxygens (including phenoxy) is 2. The topological polar surface area (TPSA) is 216 Å². The highest BCUT2D eigenvalue weighted by molar-refractivity contribution is 7.47. The molecule has 0 aromatic rings. The number of phosphoric acid groups is 2. The van der Waals surface area contributed by atoms with E-state index in [-0.39, 0.29) is 12.8 Å². The molecule has 0 saturated heterocycles. The third-order valence-electron chi connectivity index (χ3n) is 8.36. The Morgan fingerprint density at radius 2 is 1.12 bits per heavy atom. The first-order valence-electron chi connectivity index (χ1n) is 21.4. The van der Waals surface area contributed by atoms with Gasteiger partial charge in [-0.25, -0.2) is 9.13 Å². The van der Waals surface area contributed by atoms with E-state index in [2.05, 4.69) is 59.4 Å². The van der Waals surface area contributed by atoms with Crippen LogP contribution in [0.4, 0.5) is 0 Å². The molecule has 0 radical (unpaired) electrons. The van der Waals surface area contributed by atoms with Crippen molar-refractivity contribution in [1.82, 2.24) is 0 Å². The average Bonchev–Trinajstić information content (AvgIpc) is 3.20. The molecule has 0 saturated carbocycles. The minimum atomic E-state index is -4.88. The number of phosphoric ester groups is 2. The van der Waals surface area contributed by atoms with Crippen LogP contribution in [0.2, 0.25) is 0 Å². The maximum atomic E-state index is 12.6. The minimum absolute atomic E-state index is 0.0863. The molecule has 0 spiro atoms. The highest BCUT2D eigenvalue weighted by Gasteiger charge is 2.28. The zero-order valence-corrected chi connectivity index (χ0v) is 37.7. The molecule has 1 unspecified atom stereocenters. The SMILES string of the molecule is CC/C=C\C/C=C\C/C=C\CCCCCCCC(=O)O[C@H](COC(=O)CCC/C=C\C/C=C\C/C=C\C=C\[C@H](O)CCCCC)COP(=O)(O)OC[C@@H](O)COP(=O)(O)O. The van der Waals surface area contributed by atoms with E-state index in [0.717, 1.165) is 89.9 Å². The predicted octanol–water partition coefficient (Wildman–Crippen LogP) is 9.75. The fraction of sp³-hybridized carbons (Fsp3) is 0.636. The first-order valence-corrected chi connectivity index (χ1v) is 24.4.